The van der Waals surface area contributed by atoms with E-state index < -0.39 is 5.66 Å². The van der Waals surface area contributed by atoms with Gasteiger partial charge in [-0.1, -0.05) is 6.42 Å². The van der Waals surface area contributed by atoms with Gasteiger partial charge < -0.3 is 11.5 Å². The van der Waals surface area contributed by atoms with Crippen molar-refractivity contribution in [2.24, 2.45) is 21.5 Å². The molecular formula is C8H15N5O. The molecule has 2 aliphatic rings. The monoisotopic (exact) mass is 197 g/mol. The molecule has 0 amide bonds. The fourth-order valence-electron chi connectivity index (χ4n) is 2.11. The van der Waals surface area contributed by atoms with Crippen molar-refractivity contribution in [3.63, 3.8) is 0 Å². The predicted octanol–water partition coefficient (Wildman–Crippen LogP) is -0.0190. The quantitative estimate of drug-likeness (QED) is 0.508. The molecule has 0 aromatic rings. The van der Waals surface area contributed by atoms with Gasteiger partial charge in [-0.3, -0.25) is 5.21 Å². The molecule has 2 rings (SSSR count). The van der Waals surface area contributed by atoms with Crippen LogP contribution in [0.25, 0.3) is 0 Å². The van der Waals surface area contributed by atoms with Crippen molar-refractivity contribution in [2.75, 3.05) is 0 Å². The first-order valence-electron chi connectivity index (χ1n) is 4.83. The van der Waals surface area contributed by atoms with Gasteiger partial charge >= 0.3 is 0 Å². The molecule has 0 radical (unpaired) electrons. The van der Waals surface area contributed by atoms with E-state index in [1.165, 1.54) is 6.42 Å². The van der Waals surface area contributed by atoms with E-state index >= 15 is 0 Å². The molecule has 1 aliphatic heterocycles. The number of nitrogens with two attached hydrogens (primary N) is 2. The Labute approximate surface area is 82.3 Å². The number of nitrogens with zero attached hydrogens (tertiary/aromatic N) is 3. The Balaban J connectivity index is 2.30. The summed E-state index contributed by atoms with van der Waals surface area (Å²) in [4.78, 5) is 7.92. The standard InChI is InChI=1S/C8H15N5O/c9-6-11-7(10)13(14)8(12-6)4-2-1-3-5-8/h14H,1-5H2,(H4,9,10,11,12). The Morgan fingerprint density at radius 3 is 2.50 bits per heavy atom. The normalized spacial score (nSPS) is 25.9. The Hall–Kier alpha value is -1.30. The number of guanidine groups is 2. The summed E-state index contributed by atoms with van der Waals surface area (Å²) < 4.78 is 0. The number of hydroxylamine groups is 2. The third-order valence-electron chi connectivity index (χ3n) is 2.82. The maximum atomic E-state index is 9.79. The average molecular weight is 197 g/mol. The number of hydrogen-bond donors (Lipinski definition) is 3. The minimum absolute atomic E-state index is 0.0411. The van der Waals surface area contributed by atoms with Crippen molar-refractivity contribution >= 4 is 11.9 Å². The first kappa shape index (κ1) is 9.26. The van der Waals surface area contributed by atoms with Gasteiger partial charge in [0.1, 0.15) is 0 Å². The highest BCUT2D eigenvalue weighted by Gasteiger charge is 2.41. The number of aliphatic imine (C=N–C) groups is 2. The van der Waals surface area contributed by atoms with Gasteiger partial charge in [0.15, 0.2) is 5.66 Å². The van der Waals surface area contributed by atoms with Crippen LogP contribution in [-0.2, 0) is 0 Å². The van der Waals surface area contributed by atoms with Gasteiger partial charge in [-0.15, -0.1) is 0 Å². The highest BCUT2D eigenvalue weighted by molar-refractivity contribution is 5.95. The SMILES string of the molecule is NC1=NC2(CCCCC2)N(O)C(N)=N1. The molecule has 1 heterocycles. The fraction of sp³-hybridized carbons (Fsp3) is 0.750. The van der Waals surface area contributed by atoms with Gasteiger partial charge in [-0.25, -0.2) is 4.99 Å². The van der Waals surface area contributed by atoms with E-state index in [1.807, 2.05) is 0 Å². The molecule has 0 aromatic heterocycles. The van der Waals surface area contributed by atoms with Crippen LogP contribution in [0.5, 0.6) is 0 Å². The molecule has 78 valence electrons. The van der Waals surface area contributed by atoms with Crippen LogP contribution < -0.4 is 11.5 Å². The molecule has 1 fully saturated rings. The molecule has 6 heteroatoms. The van der Waals surface area contributed by atoms with Crippen LogP contribution in [0.3, 0.4) is 0 Å². The third-order valence-corrected chi connectivity index (χ3v) is 2.82. The minimum atomic E-state index is -0.645. The molecule has 0 atom stereocenters. The third kappa shape index (κ3) is 1.31. The average Bonchev–Trinajstić information content (AvgIpc) is 2.15. The maximum absolute atomic E-state index is 9.79. The van der Waals surface area contributed by atoms with Gasteiger partial charge in [-0.2, -0.15) is 10.1 Å². The summed E-state index contributed by atoms with van der Waals surface area (Å²) in [6, 6.07) is 0. The largest absolute Gasteiger partial charge is 0.368 e. The Kier molecular flexibility index (Phi) is 2.07. The summed E-state index contributed by atoms with van der Waals surface area (Å²) in [6.45, 7) is 0. The lowest BCUT2D eigenvalue weighted by Gasteiger charge is -2.41. The molecule has 0 bridgehead atoms. The zero-order valence-corrected chi connectivity index (χ0v) is 7.98. The highest BCUT2D eigenvalue weighted by Crippen LogP contribution is 2.35. The van der Waals surface area contributed by atoms with Gasteiger partial charge in [-0.05, 0) is 25.7 Å². The summed E-state index contributed by atoms with van der Waals surface area (Å²) in [7, 11) is 0. The second-order valence-electron chi connectivity index (χ2n) is 3.79. The molecule has 1 spiro atoms. The Bertz CT molecular complexity index is 292. The lowest BCUT2D eigenvalue weighted by Crippen LogP contribution is -2.56. The van der Waals surface area contributed by atoms with Gasteiger partial charge in [0.25, 0.3) is 0 Å². The maximum Gasteiger partial charge on any atom is 0.225 e. The first-order chi connectivity index (χ1) is 6.64. The molecule has 5 N–H and O–H groups in total. The lowest BCUT2D eigenvalue weighted by molar-refractivity contribution is -0.120. The van der Waals surface area contributed by atoms with Gasteiger partial charge in [0, 0.05) is 0 Å². The van der Waals surface area contributed by atoms with Crippen molar-refractivity contribution in [2.45, 2.75) is 37.8 Å². The zero-order valence-electron chi connectivity index (χ0n) is 7.98. The lowest BCUT2D eigenvalue weighted by atomic mass is 9.89. The molecule has 0 saturated heterocycles. The molecule has 0 unspecified atom stereocenters. The van der Waals surface area contributed by atoms with Crippen LogP contribution in [0.15, 0.2) is 9.98 Å². The molecule has 1 aliphatic carbocycles. The fourth-order valence-corrected chi connectivity index (χ4v) is 2.11. The van der Waals surface area contributed by atoms with Crippen molar-refractivity contribution in [1.29, 1.82) is 0 Å². The summed E-state index contributed by atoms with van der Waals surface area (Å²) in [5.74, 6) is 0.203. The van der Waals surface area contributed by atoms with Crippen LogP contribution in [0, 0.1) is 0 Å². The van der Waals surface area contributed by atoms with Gasteiger partial charge in [0.05, 0.1) is 0 Å². The van der Waals surface area contributed by atoms with Crippen molar-refractivity contribution in [3.05, 3.63) is 0 Å². The molecular weight excluding hydrogens is 182 g/mol. The topological polar surface area (TPSA) is 100 Å². The van der Waals surface area contributed by atoms with E-state index in [4.69, 9.17) is 11.5 Å². The Morgan fingerprint density at radius 2 is 1.86 bits per heavy atom. The van der Waals surface area contributed by atoms with Crippen LogP contribution >= 0.6 is 0 Å². The van der Waals surface area contributed by atoms with E-state index in [0.717, 1.165) is 30.7 Å². The smallest absolute Gasteiger partial charge is 0.225 e. The summed E-state index contributed by atoms with van der Waals surface area (Å²) in [5.41, 5.74) is 10.4. The molecule has 1 saturated carbocycles. The molecule has 0 aromatic carbocycles. The van der Waals surface area contributed by atoms with E-state index in [1.54, 1.807) is 0 Å². The van der Waals surface area contributed by atoms with Crippen LogP contribution in [0.4, 0.5) is 0 Å². The first-order valence-corrected chi connectivity index (χ1v) is 4.83. The van der Waals surface area contributed by atoms with Crippen molar-refractivity contribution in [3.8, 4) is 0 Å². The highest BCUT2D eigenvalue weighted by atomic mass is 16.5. The zero-order chi connectivity index (χ0) is 10.2. The van der Waals surface area contributed by atoms with Crippen LogP contribution in [0.2, 0.25) is 0 Å². The van der Waals surface area contributed by atoms with Crippen LogP contribution in [0.1, 0.15) is 32.1 Å². The summed E-state index contributed by atoms with van der Waals surface area (Å²) in [6.07, 6.45) is 4.78. The van der Waals surface area contributed by atoms with E-state index in [2.05, 4.69) is 9.98 Å². The van der Waals surface area contributed by atoms with Crippen molar-refractivity contribution in [1.82, 2.24) is 5.06 Å². The van der Waals surface area contributed by atoms with E-state index in [-0.39, 0.29) is 11.9 Å². The second kappa shape index (κ2) is 3.13. The predicted molar refractivity (Wildman–Crippen MR) is 52.7 cm³/mol. The minimum Gasteiger partial charge on any atom is -0.368 e. The van der Waals surface area contributed by atoms with Crippen molar-refractivity contribution < 1.29 is 5.21 Å². The van der Waals surface area contributed by atoms with E-state index in [0.29, 0.717) is 0 Å². The number of hydrogen-bond acceptors (Lipinski definition) is 6. The second-order valence-corrected chi connectivity index (χ2v) is 3.79. The molecule has 14 heavy (non-hydrogen) atoms. The van der Waals surface area contributed by atoms with Crippen LogP contribution in [-0.4, -0.2) is 27.9 Å². The van der Waals surface area contributed by atoms with E-state index in [9.17, 15) is 5.21 Å². The molecule has 6 nitrogen and oxygen atoms in total. The summed E-state index contributed by atoms with van der Waals surface area (Å²) in [5, 5.41) is 10.7. The number of rotatable bonds is 0. The van der Waals surface area contributed by atoms with Gasteiger partial charge in [0.2, 0.25) is 11.9 Å². The Morgan fingerprint density at radius 1 is 1.21 bits per heavy atom. The summed E-state index contributed by atoms with van der Waals surface area (Å²) >= 11 is 0.